The summed E-state index contributed by atoms with van der Waals surface area (Å²) in [4.78, 5) is 40.7. The van der Waals surface area contributed by atoms with E-state index in [-0.39, 0.29) is 12.8 Å². The molecule has 6 aliphatic rings. The van der Waals surface area contributed by atoms with Crippen molar-refractivity contribution in [2.24, 2.45) is 0 Å². The zero-order valence-corrected chi connectivity index (χ0v) is 70.3. The van der Waals surface area contributed by atoms with Crippen molar-refractivity contribution >= 4 is 17.8 Å². The first-order valence-corrected chi connectivity index (χ1v) is 44.1. The highest BCUT2D eigenvalue weighted by Gasteiger charge is 2.63. The van der Waals surface area contributed by atoms with Crippen LogP contribution in [0.4, 0.5) is 0 Å². The fraction of sp³-hybridized carbons (Fsp3) is 0.963. The number of nitrogens with one attached hydrogen (secondary N) is 2. The Balaban J connectivity index is 1.12. The summed E-state index contributed by atoms with van der Waals surface area (Å²) < 4.78 is 69.8. The number of aliphatic hydroxyl groups is 22. The summed E-state index contributed by atoms with van der Waals surface area (Å²) in [6.07, 6.45) is -33.7. The van der Waals surface area contributed by atoms with E-state index >= 15 is 0 Å². The second-order valence-electron chi connectivity index (χ2n) is 33.4. The van der Waals surface area contributed by atoms with Crippen LogP contribution in [0.3, 0.4) is 0 Å². The number of carbonyl (C=O) groups is 3. The molecule has 0 spiro atoms. The fourth-order valence-electron chi connectivity index (χ4n) is 16.5. The lowest BCUT2D eigenvalue weighted by molar-refractivity contribution is -0.395. The van der Waals surface area contributed by atoms with Crippen molar-refractivity contribution in [2.75, 3.05) is 46.2 Å². The minimum Gasteiger partial charge on any atom is -0.477 e. The van der Waals surface area contributed by atoms with E-state index in [2.05, 4.69) is 24.5 Å². The van der Waals surface area contributed by atoms with Gasteiger partial charge < -0.3 is 185 Å². The van der Waals surface area contributed by atoms with Gasteiger partial charge in [0.2, 0.25) is 11.8 Å². The van der Waals surface area contributed by atoms with E-state index in [0.717, 1.165) is 84.0 Å². The molecule has 6 fully saturated rings. The summed E-state index contributed by atoms with van der Waals surface area (Å²) in [5, 5.41) is 260. The van der Waals surface area contributed by atoms with Crippen LogP contribution in [0, 0.1) is 0 Å². The third kappa shape index (κ3) is 31.7. The fourth-order valence-corrected chi connectivity index (χ4v) is 16.5. The maximum atomic E-state index is 14.0. The standard InChI is InChI=1S/C81H148N2O38/c1-4-6-8-10-12-14-16-17-18-19-20-21-22-23-24-25-27-29-31-33-35-47(92)74(107)83-45(56(95)46(91)34-32-30-28-26-15-13-11-9-7-5-2)43-110-75-63(102)61(100)69(53(41-88)114-75)117-76-65(104)62(101)70(54(42-89)115-76)120-81(80(108)109)36-50(55(82-44(3)90)71(121-81)57(96)48(93)37-84)111-78-66(105)72(58(97)51(39-86)112-78)119-79-67(106)73(59(98)52(40-87)113-79)118-77-64(103)60(99)68(116-77)49(94)38-85/h45-73,75-79,84-89,91-106H,4-43H2,1-3H3,(H,82,90)(H,83,107)(H,108,109)/t45-,46-,47-,48-,49-,50-,51+,52+,53-,54+,55+,56+,57-,58+,59+,60+,61-,62+,63-,64+,65+,66+,67+,68-,69-,70+,71+,72-,73-,75-,76-,77-,78+,79-,81+/m1/s1. The number of hydrogen-bond acceptors (Lipinski definition) is 37. The van der Waals surface area contributed by atoms with E-state index in [1.807, 2.05) is 0 Å². The minimum atomic E-state index is -3.44. The van der Waals surface area contributed by atoms with Gasteiger partial charge in [0.05, 0.1) is 70.5 Å². The Morgan fingerprint density at radius 1 is 0.413 bits per heavy atom. The molecule has 40 heteroatoms. The minimum absolute atomic E-state index is 0.0823. The molecule has 25 N–H and O–H groups in total. The van der Waals surface area contributed by atoms with Crippen molar-refractivity contribution < 1.29 is 189 Å². The predicted octanol–water partition coefficient (Wildman–Crippen LogP) is -3.64. The highest BCUT2D eigenvalue weighted by atomic mass is 16.8. The SMILES string of the molecule is CCCCCCCCCCCCCCCCCCCCCC[C@@H](O)C(=O)N[C@H](CO[C@@H]1O[C@H](CO)[C@@H](O[C@H]2O[C@@H](CO)[C@H](O[C@@]3(C(=O)O)C[C@@H](O[C@H]4O[C@@H](CO)[C@H](O)[C@@H](O[C@H]5O[C@@H](CO)[C@H](O)[C@@H](O[C@H]6O[C@H]([C@H](O)CO)[C@@H](O)[C@@H]6O)[C@@H]5O)[C@@H]4O)[C@H](NC(C)=O)[C@@H]([C@H](O)[C@H](O)CO)O3)[C@@H](O)[C@@H]2O)[C@H](O)[C@H]1O)[C@H](O)[C@H](O)CCCCCCCCCCCC. The lowest BCUT2D eigenvalue weighted by Gasteiger charge is -2.52. The van der Waals surface area contributed by atoms with Crippen molar-refractivity contribution in [1.29, 1.82) is 0 Å². The maximum absolute atomic E-state index is 14.0. The van der Waals surface area contributed by atoms with E-state index < -0.39 is 285 Å². The van der Waals surface area contributed by atoms with Crippen LogP contribution >= 0.6 is 0 Å². The largest absolute Gasteiger partial charge is 0.477 e. The number of hydrogen-bond donors (Lipinski definition) is 25. The number of amides is 2. The van der Waals surface area contributed by atoms with Crippen LogP contribution in [-0.4, -0.2) is 396 Å². The third-order valence-electron chi connectivity index (χ3n) is 23.8. The first-order chi connectivity index (χ1) is 57.9. The zero-order valence-electron chi connectivity index (χ0n) is 70.3. The number of rotatable bonds is 60. The molecule has 6 saturated heterocycles. The van der Waals surface area contributed by atoms with Crippen molar-refractivity contribution in [2.45, 2.75) is 447 Å². The zero-order chi connectivity index (χ0) is 89.0. The van der Waals surface area contributed by atoms with Gasteiger partial charge in [0.15, 0.2) is 31.5 Å². The number of aliphatic hydroxyl groups excluding tert-OH is 22. The molecule has 0 aromatic heterocycles. The Morgan fingerprint density at radius 3 is 1.25 bits per heavy atom. The van der Waals surface area contributed by atoms with Crippen LogP contribution in [0.25, 0.3) is 0 Å². The van der Waals surface area contributed by atoms with E-state index in [1.54, 1.807) is 0 Å². The van der Waals surface area contributed by atoms with E-state index in [1.165, 1.54) is 103 Å². The van der Waals surface area contributed by atoms with Gasteiger partial charge in [0, 0.05) is 13.3 Å². The molecule has 2 amide bonds. The summed E-state index contributed by atoms with van der Waals surface area (Å²) in [5.41, 5.74) is 0. The number of aliphatic carboxylic acids is 1. The van der Waals surface area contributed by atoms with Crippen LogP contribution in [0.5, 0.6) is 0 Å². The number of ether oxygens (including phenoxy) is 12. The first-order valence-electron chi connectivity index (χ1n) is 44.1. The monoisotopic (exact) mass is 1760 g/mol. The molecule has 0 aliphatic carbocycles. The molecule has 40 nitrogen and oxygen atoms in total. The van der Waals surface area contributed by atoms with Gasteiger partial charge in [0.1, 0.15) is 153 Å². The number of carboxylic acid groups (broad SMARTS) is 1. The Bertz CT molecular complexity index is 2800. The van der Waals surface area contributed by atoms with Crippen molar-refractivity contribution in [1.82, 2.24) is 10.6 Å². The van der Waals surface area contributed by atoms with Crippen LogP contribution in [0.2, 0.25) is 0 Å². The molecule has 710 valence electrons. The molecule has 35 atom stereocenters. The Kier molecular flexibility index (Phi) is 49.3. The molecular weight excluding hydrogens is 1610 g/mol. The second-order valence-corrected chi connectivity index (χ2v) is 33.4. The summed E-state index contributed by atoms with van der Waals surface area (Å²) in [5.74, 6) is -7.52. The first kappa shape index (κ1) is 107. The van der Waals surface area contributed by atoms with Gasteiger partial charge in [-0.15, -0.1) is 0 Å². The summed E-state index contributed by atoms with van der Waals surface area (Å²) in [7, 11) is 0. The molecule has 121 heavy (non-hydrogen) atoms. The van der Waals surface area contributed by atoms with E-state index in [4.69, 9.17) is 56.8 Å². The van der Waals surface area contributed by atoms with Gasteiger partial charge in [-0.3, -0.25) is 9.59 Å². The lowest BCUT2D eigenvalue weighted by atomic mass is 9.87. The maximum Gasteiger partial charge on any atom is 0.364 e. The van der Waals surface area contributed by atoms with Crippen molar-refractivity contribution in [3.8, 4) is 0 Å². The Labute approximate surface area is 707 Å². The molecule has 0 saturated carbocycles. The quantitative estimate of drug-likeness (QED) is 0.0261. The smallest absolute Gasteiger partial charge is 0.364 e. The molecule has 0 aromatic rings. The topological polar surface area (TPSA) is 651 Å². The number of carbonyl (C=O) groups excluding carboxylic acids is 2. The van der Waals surface area contributed by atoms with Crippen LogP contribution in [0.1, 0.15) is 233 Å². The van der Waals surface area contributed by atoms with Gasteiger partial charge in [-0.05, 0) is 12.8 Å². The number of unbranched alkanes of at least 4 members (excludes halogenated alkanes) is 28. The van der Waals surface area contributed by atoms with Gasteiger partial charge >= 0.3 is 5.97 Å². The van der Waals surface area contributed by atoms with E-state index in [0.29, 0.717) is 12.8 Å². The Morgan fingerprint density at radius 2 is 0.802 bits per heavy atom. The van der Waals surface area contributed by atoms with Crippen molar-refractivity contribution in [3.05, 3.63) is 0 Å². The average Bonchev–Trinajstić information content (AvgIpc) is 1.29. The summed E-state index contributed by atoms with van der Waals surface area (Å²) in [6.45, 7) is -2.22. The highest BCUT2D eigenvalue weighted by molar-refractivity contribution is 5.80. The second kappa shape index (κ2) is 55.8. The predicted molar refractivity (Wildman–Crippen MR) is 421 cm³/mol. The van der Waals surface area contributed by atoms with Crippen LogP contribution in [-0.2, 0) is 71.2 Å². The normalized spacial score (nSPS) is 35.9. The van der Waals surface area contributed by atoms with Gasteiger partial charge in [-0.2, -0.15) is 0 Å². The van der Waals surface area contributed by atoms with Gasteiger partial charge in [-0.25, -0.2) is 4.79 Å². The molecule has 0 bridgehead atoms. The summed E-state index contributed by atoms with van der Waals surface area (Å²) in [6, 6.07) is -3.43. The average molecular weight is 1760 g/mol. The molecule has 6 aliphatic heterocycles. The molecule has 6 heterocycles. The van der Waals surface area contributed by atoms with Gasteiger partial charge in [-0.1, -0.05) is 206 Å². The van der Waals surface area contributed by atoms with Gasteiger partial charge in [0.25, 0.3) is 5.79 Å². The van der Waals surface area contributed by atoms with Crippen LogP contribution < -0.4 is 10.6 Å². The third-order valence-corrected chi connectivity index (χ3v) is 23.8. The molecule has 6 rings (SSSR count). The Hall–Kier alpha value is -2.95. The van der Waals surface area contributed by atoms with Crippen molar-refractivity contribution in [3.63, 3.8) is 0 Å². The lowest BCUT2D eigenvalue weighted by Crippen LogP contribution is -2.72. The highest BCUT2D eigenvalue weighted by Crippen LogP contribution is 2.42. The molecule has 0 unspecified atom stereocenters. The van der Waals surface area contributed by atoms with E-state index in [9.17, 15) is 132 Å². The van der Waals surface area contributed by atoms with Crippen LogP contribution in [0.15, 0.2) is 0 Å². The molecule has 0 radical (unpaired) electrons. The number of carboxylic acids is 1. The molecule has 0 aromatic carbocycles. The molecular formula is C81H148N2O38. The summed E-state index contributed by atoms with van der Waals surface area (Å²) >= 11 is 0.